The second-order valence-electron chi connectivity index (χ2n) is 7.11. The van der Waals surface area contributed by atoms with Crippen LogP contribution in [-0.2, 0) is 14.2 Å². The van der Waals surface area contributed by atoms with Crippen LogP contribution in [0.5, 0.6) is 0 Å². The maximum absolute atomic E-state index is 5.87. The number of benzene rings is 3. The van der Waals surface area contributed by atoms with Crippen LogP contribution in [0.4, 0.5) is 0 Å². The van der Waals surface area contributed by atoms with E-state index in [1.807, 2.05) is 0 Å². The molecule has 4 heteroatoms. The van der Waals surface area contributed by atoms with E-state index in [1.165, 1.54) is 15.9 Å². The number of ether oxygens (including phenoxy) is 3. The third-order valence-corrected chi connectivity index (χ3v) is 9.70. The van der Waals surface area contributed by atoms with E-state index in [0.717, 1.165) is 19.2 Å². The predicted molar refractivity (Wildman–Crippen MR) is 128 cm³/mol. The Morgan fingerprint density at radius 2 is 0.933 bits per heavy atom. The predicted octanol–water partition coefficient (Wildman–Crippen LogP) is 4.05. The van der Waals surface area contributed by atoms with Crippen LogP contribution in [0.25, 0.3) is 0 Å². The Morgan fingerprint density at radius 1 is 0.533 bits per heavy atom. The summed E-state index contributed by atoms with van der Waals surface area (Å²) in [4.78, 5) is 0. The first-order chi connectivity index (χ1) is 14.9. The molecule has 3 rings (SSSR count). The maximum Gasteiger partial charge on any atom is 0.112 e. The van der Waals surface area contributed by atoms with E-state index in [9.17, 15) is 0 Å². The molecule has 30 heavy (non-hydrogen) atoms. The number of hydrogen-bond donors (Lipinski definition) is 0. The Hall–Kier alpha value is -2.03. The lowest BCUT2D eigenvalue weighted by Gasteiger charge is -2.27. The van der Waals surface area contributed by atoms with Crippen LogP contribution in [0.3, 0.4) is 0 Å². The van der Waals surface area contributed by atoms with Gasteiger partial charge in [0.15, 0.2) is 0 Å². The third kappa shape index (κ3) is 6.00. The van der Waals surface area contributed by atoms with Gasteiger partial charge >= 0.3 is 0 Å². The molecule has 0 spiro atoms. The summed E-state index contributed by atoms with van der Waals surface area (Å²) in [6.07, 6.45) is 2.08. The lowest BCUT2D eigenvalue weighted by molar-refractivity contribution is 0.0251. The highest BCUT2D eigenvalue weighted by molar-refractivity contribution is 7.95. The minimum absolute atomic E-state index is 0.611. The van der Waals surface area contributed by atoms with Gasteiger partial charge in [0.1, 0.15) is 23.2 Å². The zero-order chi connectivity index (χ0) is 20.9. The molecular weight excluding hydrogens is 391 g/mol. The van der Waals surface area contributed by atoms with Gasteiger partial charge in [0.2, 0.25) is 0 Å². The summed E-state index contributed by atoms with van der Waals surface area (Å²) in [5, 5.41) is 4.26. The molecule has 0 radical (unpaired) electrons. The van der Waals surface area contributed by atoms with Crippen LogP contribution in [0.1, 0.15) is 6.42 Å². The van der Waals surface area contributed by atoms with Crippen LogP contribution in [0.2, 0.25) is 0 Å². The molecule has 3 aromatic carbocycles. The average molecular weight is 424 g/mol. The van der Waals surface area contributed by atoms with Gasteiger partial charge in [-0.05, 0) is 36.4 Å². The summed E-state index contributed by atoms with van der Waals surface area (Å²) in [7, 11) is -0.0694. The van der Waals surface area contributed by atoms with Crippen LogP contribution in [0, 0.1) is 0 Å². The van der Waals surface area contributed by atoms with Gasteiger partial charge in [-0.25, -0.2) is 0 Å². The molecule has 0 amide bonds. The first-order valence-electron chi connectivity index (χ1n) is 10.6. The first-order valence-corrected chi connectivity index (χ1v) is 12.5. The van der Waals surface area contributed by atoms with E-state index < -0.39 is 7.26 Å². The molecule has 0 aliphatic rings. The smallest absolute Gasteiger partial charge is 0.112 e. The summed E-state index contributed by atoms with van der Waals surface area (Å²) in [6, 6.07) is 33.0. The standard InChI is InChI=1S/C26H32O3P/c1-27-19-20-29-22-21-28-18-11-23-30(24-12-5-2-6-13-24,25-14-7-3-8-15-25)26-16-9-4-10-17-26/h2-10,12-17H,11,18-23H2,1H3/q+1. The van der Waals surface area contributed by atoms with Gasteiger partial charge in [-0.2, -0.15) is 0 Å². The second-order valence-corrected chi connectivity index (χ2v) is 10.7. The van der Waals surface area contributed by atoms with Crippen molar-refractivity contribution in [2.75, 3.05) is 46.3 Å². The fourth-order valence-electron chi connectivity index (χ4n) is 3.75. The SMILES string of the molecule is COCCOCCOCCC[P+](c1ccccc1)(c1ccccc1)c1ccccc1. The van der Waals surface area contributed by atoms with E-state index in [4.69, 9.17) is 14.2 Å². The lowest BCUT2D eigenvalue weighted by atomic mass is 10.4. The second kappa shape index (κ2) is 12.6. The van der Waals surface area contributed by atoms with Crippen molar-refractivity contribution in [3.05, 3.63) is 91.0 Å². The van der Waals surface area contributed by atoms with Crippen molar-refractivity contribution in [3.8, 4) is 0 Å². The molecule has 0 fully saturated rings. The number of rotatable bonds is 13. The Labute approximate surface area is 181 Å². The van der Waals surface area contributed by atoms with Gasteiger partial charge in [-0.1, -0.05) is 54.6 Å². The van der Waals surface area contributed by atoms with Crippen molar-refractivity contribution in [3.63, 3.8) is 0 Å². The molecule has 158 valence electrons. The van der Waals surface area contributed by atoms with E-state index >= 15 is 0 Å². The zero-order valence-electron chi connectivity index (χ0n) is 17.8. The van der Waals surface area contributed by atoms with Crippen molar-refractivity contribution < 1.29 is 14.2 Å². The molecule has 3 aromatic rings. The minimum Gasteiger partial charge on any atom is -0.382 e. The molecule has 0 N–H and O–H groups in total. The largest absolute Gasteiger partial charge is 0.382 e. The maximum atomic E-state index is 5.87. The van der Waals surface area contributed by atoms with Crippen molar-refractivity contribution in [2.24, 2.45) is 0 Å². The normalized spacial score (nSPS) is 11.5. The van der Waals surface area contributed by atoms with Crippen LogP contribution < -0.4 is 15.9 Å². The van der Waals surface area contributed by atoms with E-state index in [0.29, 0.717) is 26.4 Å². The number of methoxy groups -OCH3 is 1. The van der Waals surface area contributed by atoms with Gasteiger partial charge in [0, 0.05) is 13.5 Å². The Kier molecular flexibility index (Phi) is 9.53. The Bertz CT molecular complexity index is 728. The summed E-state index contributed by atoms with van der Waals surface area (Å²) < 4.78 is 16.3. The van der Waals surface area contributed by atoms with Crippen molar-refractivity contribution >= 4 is 23.2 Å². The van der Waals surface area contributed by atoms with Crippen LogP contribution in [0.15, 0.2) is 91.0 Å². The van der Waals surface area contributed by atoms with Crippen molar-refractivity contribution in [2.45, 2.75) is 6.42 Å². The van der Waals surface area contributed by atoms with Crippen LogP contribution in [-0.4, -0.2) is 46.3 Å². The topological polar surface area (TPSA) is 27.7 Å². The fourth-order valence-corrected chi connectivity index (χ4v) is 8.07. The quantitative estimate of drug-likeness (QED) is 0.307. The molecule has 0 bridgehead atoms. The first kappa shape index (κ1) is 22.7. The molecule has 0 saturated heterocycles. The van der Waals surface area contributed by atoms with Crippen molar-refractivity contribution in [1.82, 2.24) is 0 Å². The summed E-state index contributed by atoms with van der Waals surface area (Å²) in [5.41, 5.74) is 0. The monoisotopic (exact) mass is 423 g/mol. The molecule has 0 aliphatic carbocycles. The van der Waals surface area contributed by atoms with Gasteiger partial charge < -0.3 is 14.2 Å². The Balaban J connectivity index is 1.77. The minimum atomic E-state index is -1.75. The average Bonchev–Trinajstić information content (AvgIpc) is 2.82. The van der Waals surface area contributed by atoms with Crippen LogP contribution >= 0.6 is 7.26 Å². The molecule has 0 aromatic heterocycles. The summed E-state index contributed by atoms with van der Waals surface area (Å²) >= 11 is 0. The third-order valence-electron chi connectivity index (χ3n) is 5.18. The van der Waals surface area contributed by atoms with Gasteiger partial charge in [0.05, 0.1) is 39.2 Å². The van der Waals surface area contributed by atoms with Gasteiger partial charge in [0.25, 0.3) is 0 Å². The number of hydrogen-bond acceptors (Lipinski definition) is 3. The molecule has 3 nitrogen and oxygen atoms in total. The van der Waals surface area contributed by atoms with E-state index in [2.05, 4.69) is 91.0 Å². The fraction of sp³-hybridized carbons (Fsp3) is 0.308. The molecule has 0 saturated carbocycles. The van der Waals surface area contributed by atoms with Gasteiger partial charge in [-0.15, -0.1) is 0 Å². The van der Waals surface area contributed by atoms with E-state index in [1.54, 1.807) is 7.11 Å². The van der Waals surface area contributed by atoms with Crippen molar-refractivity contribution in [1.29, 1.82) is 0 Å². The molecular formula is C26H32O3P+. The zero-order valence-corrected chi connectivity index (χ0v) is 18.7. The molecule has 0 atom stereocenters. The Morgan fingerprint density at radius 3 is 1.37 bits per heavy atom. The highest BCUT2D eigenvalue weighted by atomic mass is 31.2. The van der Waals surface area contributed by atoms with E-state index in [-0.39, 0.29) is 0 Å². The molecule has 0 heterocycles. The van der Waals surface area contributed by atoms with Gasteiger partial charge in [-0.3, -0.25) is 0 Å². The lowest BCUT2D eigenvalue weighted by Crippen LogP contribution is -2.33. The highest BCUT2D eigenvalue weighted by Crippen LogP contribution is 2.55. The summed E-state index contributed by atoms with van der Waals surface area (Å²) in [5.74, 6) is 0. The molecule has 0 unspecified atom stereocenters. The highest BCUT2D eigenvalue weighted by Gasteiger charge is 2.44. The molecule has 0 aliphatic heterocycles. The summed E-state index contributed by atoms with van der Waals surface area (Å²) in [6.45, 7) is 3.21.